The van der Waals surface area contributed by atoms with Crippen LogP contribution in [0.15, 0.2) is 0 Å². The fourth-order valence-corrected chi connectivity index (χ4v) is 1.57. The van der Waals surface area contributed by atoms with E-state index >= 15 is 0 Å². The normalized spacial score (nSPS) is 31.9. The first-order valence-electron chi connectivity index (χ1n) is 4.93. The van der Waals surface area contributed by atoms with Gasteiger partial charge in [0.15, 0.2) is 5.60 Å². The lowest BCUT2D eigenvalue weighted by Crippen LogP contribution is -2.35. The van der Waals surface area contributed by atoms with Gasteiger partial charge in [-0.05, 0) is 25.7 Å². The second kappa shape index (κ2) is 4.43. The van der Waals surface area contributed by atoms with Crippen molar-refractivity contribution in [3.8, 4) is 6.07 Å². The predicted molar refractivity (Wildman–Crippen MR) is 49.2 cm³/mol. The molecule has 0 bridgehead atoms. The highest BCUT2D eigenvalue weighted by Gasteiger charge is 2.34. The van der Waals surface area contributed by atoms with Crippen LogP contribution in [0.5, 0.6) is 0 Å². The first-order chi connectivity index (χ1) is 6.59. The Balaban J connectivity index is 2.37. The van der Waals surface area contributed by atoms with Gasteiger partial charge >= 0.3 is 5.97 Å². The lowest BCUT2D eigenvalue weighted by atomic mass is 9.84. The summed E-state index contributed by atoms with van der Waals surface area (Å²) in [5, 5.41) is 18.2. The van der Waals surface area contributed by atoms with Gasteiger partial charge in [0, 0.05) is 6.42 Å². The van der Waals surface area contributed by atoms with Crippen molar-refractivity contribution in [2.75, 3.05) is 0 Å². The Kier molecular flexibility index (Phi) is 3.48. The Morgan fingerprint density at radius 2 is 2.21 bits per heavy atom. The van der Waals surface area contributed by atoms with Crippen LogP contribution >= 0.6 is 0 Å². The second-order valence-corrected chi connectivity index (χ2v) is 3.69. The molecule has 1 N–H and O–H groups in total. The Morgan fingerprint density at radius 1 is 1.64 bits per heavy atom. The van der Waals surface area contributed by atoms with Crippen LogP contribution in [0.1, 0.15) is 39.0 Å². The van der Waals surface area contributed by atoms with Crippen molar-refractivity contribution in [1.82, 2.24) is 0 Å². The summed E-state index contributed by atoms with van der Waals surface area (Å²) in [6, 6.07) is 1.88. The molecule has 0 aromatic rings. The number of rotatable bonds is 2. The third-order valence-corrected chi connectivity index (χ3v) is 2.55. The van der Waals surface area contributed by atoms with E-state index in [4.69, 9.17) is 10.00 Å². The molecule has 4 nitrogen and oxygen atoms in total. The summed E-state index contributed by atoms with van der Waals surface area (Å²) >= 11 is 0. The van der Waals surface area contributed by atoms with Crippen molar-refractivity contribution in [1.29, 1.82) is 5.26 Å². The molecule has 78 valence electrons. The van der Waals surface area contributed by atoms with Gasteiger partial charge in [-0.1, -0.05) is 6.92 Å². The zero-order chi connectivity index (χ0) is 10.6. The molecule has 1 aliphatic rings. The fraction of sp³-hybridized carbons (Fsp3) is 0.800. The molecule has 4 heteroatoms. The number of carbonyl (C=O) groups is 1. The van der Waals surface area contributed by atoms with Crippen molar-refractivity contribution >= 4 is 5.97 Å². The van der Waals surface area contributed by atoms with Crippen LogP contribution in [0.25, 0.3) is 0 Å². The molecule has 14 heavy (non-hydrogen) atoms. The van der Waals surface area contributed by atoms with Crippen LogP contribution in [-0.4, -0.2) is 22.8 Å². The topological polar surface area (TPSA) is 70.3 Å². The van der Waals surface area contributed by atoms with Crippen molar-refractivity contribution in [2.24, 2.45) is 0 Å². The summed E-state index contributed by atoms with van der Waals surface area (Å²) in [6.45, 7) is 1.75. The first-order valence-corrected chi connectivity index (χ1v) is 4.93. The van der Waals surface area contributed by atoms with E-state index in [9.17, 15) is 9.90 Å². The molecule has 0 heterocycles. The van der Waals surface area contributed by atoms with Crippen molar-refractivity contribution < 1.29 is 14.6 Å². The lowest BCUT2D eigenvalue weighted by molar-refractivity contribution is -0.152. The van der Waals surface area contributed by atoms with E-state index in [0.29, 0.717) is 32.1 Å². The third kappa shape index (κ3) is 2.71. The highest BCUT2D eigenvalue weighted by molar-refractivity contribution is 5.69. The fourth-order valence-electron chi connectivity index (χ4n) is 1.57. The molecule has 1 rings (SSSR count). The number of carbonyl (C=O) groups excluding carboxylic acids is 1. The first kappa shape index (κ1) is 11.0. The van der Waals surface area contributed by atoms with Gasteiger partial charge in [0.1, 0.15) is 6.10 Å². The van der Waals surface area contributed by atoms with E-state index < -0.39 is 5.60 Å². The number of nitriles is 1. The van der Waals surface area contributed by atoms with Crippen LogP contribution in [0, 0.1) is 11.3 Å². The maximum Gasteiger partial charge on any atom is 0.305 e. The zero-order valence-electron chi connectivity index (χ0n) is 8.32. The summed E-state index contributed by atoms with van der Waals surface area (Å²) in [5.41, 5.74) is -1.20. The second-order valence-electron chi connectivity index (χ2n) is 3.69. The number of hydrogen-bond donors (Lipinski definition) is 1. The minimum absolute atomic E-state index is 0.115. The number of nitrogens with zero attached hydrogens (tertiary/aromatic N) is 1. The summed E-state index contributed by atoms with van der Waals surface area (Å²) < 4.78 is 5.12. The quantitative estimate of drug-likeness (QED) is 0.532. The largest absolute Gasteiger partial charge is 0.462 e. The molecule has 1 fully saturated rings. The highest BCUT2D eigenvalue weighted by Crippen LogP contribution is 2.29. The number of hydrogen-bond acceptors (Lipinski definition) is 4. The van der Waals surface area contributed by atoms with Gasteiger partial charge in [0.25, 0.3) is 0 Å². The minimum Gasteiger partial charge on any atom is -0.462 e. The van der Waals surface area contributed by atoms with E-state index in [1.807, 2.05) is 6.07 Å². The zero-order valence-corrected chi connectivity index (χ0v) is 8.32. The van der Waals surface area contributed by atoms with E-state index in [1.54, 1.807) is 6.92 Å². The molecule has 0 aromatic heterocycles. The molecule has 0 atom stereocenters. The molecule has 0 aromatic carbocycles. The molecule has 1 aliphatic carbocycles. The number of ether oxygens (including phenoxy) is 1. The van der Waals surface area contributed by atoms with E-state index in [-0.39, 0.29) is 12.1 Å². The van der Waals surface area contributed by atoms with Crippen LogP contribution in [0.2, 0.25) is 0 Å². The molecule has 0 spiro atoms. The average molecular weight is 197 g/mol. The van der Waals surface area contributed by atoms with Gasteiger partial charge in [-0.2, -0.15) is 5.26 Å². The minimum atomic E-state index is -1.20. The predicted octanol–water partition coefficient (Wildman–Crippen LogP) is 1.14. The van der Waals surface area contributed by atoms with Crippen molar-refractivity contribution in [2.45, 2.75) is 50.7 Å². The number of aliphatic hydroxyl groups is 1. The van der Waals surface area contributed by atoms with Crippen LogP contribution < -0.4 is 0 Å². The third-order valence-electron chi connectivity index (χ3n) is 2.55. The van der Waals surface area contributed by atoms with Gasteiger partial charge in [-0.25, -0.2) is 0 Å². The molecule has 1 saturated carbocycles. The Hall–Kier alpha value is -1.08. The molecule has 0 aliphatic heterocycles. The van der Waals surface area contributed by atoms with Gasteiger partial charge in [0.2, 0.25) is 0 Å². The molecule has 0 radical (unpaired) electrons. The van der Waals surface area contributed by atoms with E-state index in [1.165, 1.54) is 0 Å². The number of esters is 1. The Labute approximate surface area is 83.5 Å². The molecule has 0 unspecified atom stereocenters. The summed E-state index contributed by atoms with van der Waals surface area (Å²) in [4.78, 5) is 11.0. The Bertz CT molecular complexity index is 249. The van der Waals surface area contributed by atoms with Crippen LogP contribution in [0.3, 0.4) is 0 Å². The SMILES string of the molecule is CCC(=O)OC1CCC(O)(C#N)CC1. The van der Waals surface area contributed by atoms with Crippen LogP contribution in [0.4, 0.5) is 0 Å². The lowest BCUT2D eigenvalue weighted by Gasteiger charge is -2.30. The molecule has 0 amide bonds. The molecule has 0 saturated heterocycles. The monoisotopic (exact) mass is 197 g/mol. The van der Waals surface area contributed by atoms with Crippen molar-refractivity contribution in [3.05, 3.63) is 0 Å². The highest BCUT2D eigenvalue weighted by atomic mass is 16.5. The van der Waals surface area contributed by atoms with Gasteiger partial charge in [-0.15, -0.1) is 0 Å². The smallest absolute Gasteiger partial charge is 0.305 e. The Morgan fingerprint density at radius 3 is 2.64 bits per heavy atom. The van der Waals surface area contributed by atoms with E-state index in [2.05, 4.69) is 0 Å². The van der Waals surface area contributed by atoms with E-state index in [0.717, 1.165) is 0 Å². The maximum absolute atomic E-state index is 11.0. The standard InChI is InChI=1S/C10H15NO3/c1-2-9(12)14-8-3-5-10(13,7-11)6-4-8/h8,13H,2-6H2,1H3. The average Bonchev–Trinajstić information content (AvgIpc) is 2.21. The summed E-state index contributed by atoms with van der Waals surface area (Å²) in [7, 11) is 0. The van der Waals surface area contributed by atoms with Crippen molar-refractivity contribution in [3.63, 3.8) is 0 Å². The van der Waals surface area contributed by atoms with Gasteiger partial charge in [0.05, 0.1) is 6.07 Å². The maximum atomic E-state index is 11.0. The van der Waals surface area contributed by atoms with Gasteiger partial charge in [-0.3, -0.25) is 4.79 Å². The van der Waals surface area contributed by atoms with Gasteiger partial charge < -0.3 is 9.84 Å². The molecular formula is C10H15NO3. The molecular weight excluding hydrogens is 182 g/mol. The summed E-state index contributed by atoms with van der Waals surface area (Å²) in [5.74, 6) is -0.211. The van der Waals surface area contributed by atoms with Crippen LogP contribution in [-0.2, 0) is 9.53 Å². The summed E-state index contributed by atoms with van der Waals surface area (Å²) in [6.07, 6.45) is 2.21.